The fourth-order valence-electron chi connectivity index (χ4n) is 1.90. The van der Waals surface area contributed by atoms with Gasteiger partial charge >= 0.3 is 0 Å². The van der Waals surface area contributed by atoms with Crippen molar-refractivity contribution in [3.63, 3.8) is 0 Å². The van der Waals surface area contributed by atoms with Gasteiger partial charge in [0.25, 0.3) is 0 Å². The number of benzene rings is 2. The van der Waals surface area contributed by atoms with Crippen LogP contribution in [-0.2, 0) is 16.6 Å². The van der Waals surface area contributed by atoms with E-state index in [9.17, 15) is 8.42 Å². The van der Waals surface area contributed by atoms with E-state index in [0.717, 1.165) is 5.56 Å². The summed E-state index contributed by atoms with van der Waals surface area (Å²) in [5, 5.41) is 0. The van der Waals surface area contributed by atoms with Crippen molar-refractivity contribution in [2.75, 3.05) is 12.5 Å². The Hall–Kier alpha value is -1.89. The molecule has 0 saturated carbocycles. The van der Waals surface area contributed by atoms with Gasteiger partial charge in [0.1, 0.15) is 4.90 Å². The van der Waals surface area contributed by atoms with Crippen molar-refractivity contribution in [1.82, 2.24) is 4.31 Å². The maximum absolute atomic E-state index is 12.5. The van der Waals surface area contributed by atoms with Gasteiger partial charge in [-0.15, -0.1) is 0 Å². The molecule has 0 amide bonds. The van der Waals surface area contributed by atoms with Gasteiger partial charge in [-0.2, -0.15) is 4.31 Å². The smallest absolute Gasteiger partial charge is 0.245 e. The van der Waals surface area contributed by atoms with Gasteiger partial charge in [0, 0.05) is 13.6 Å². The van der Waals surface area contributed by atoms with Crippen molar-refractivity contribution in [2.24, 2.45) is 5.84 Å². The third-order valence-corrected chi connectivity index (χ3v) is 4.84. The predicted octanol–water partition coefficient (Wildman–Crippen LogP) is 1.79. The summed E-state index contributed by atoms with van der Waals surface area (Å²) in [4.78, 5) is 0.168. The summed E-state index contributed by atoms with van der Waals surface area (Å²) < 4.78 is 26.4. The highest BCUT2D eigenvalue weighted by Crippen LogP contribution is 2.23. The lowest BCUT2D eigenvalue weighted by atomic mass is 10.2. The fraction of sp³-hybridized carbons (Fsp3) is 0.143. The van der Waals surface area contributed by atoms with Gasteiger partial charge < -0.3 is 5.43 Å². The summed E-state index contributed by atoms with van der Waals surface area (Å²) in [7, 11) is -2.04. The number of sulfonamides is 1. The third-order valence-electron chi connectivity index (χ3n) is 2.98. The van der Waals surface area contributed by atoms with Crippen LogP contribution in [0.2, 0.25) is 0 Å². The van der Waals surface area contributed by atoms with E-state index >= 15 is 0 Å². The number of nitrogens with two attached hydrogens (primary N) is 1. The number of hydrogen-bond donors (Lipinski definition) is 2. The minimum absolute atomic E-state index is 0.168. The molecule has 2 aromatic carbocycles. The van der Waals surface area contributed by atoms with Gasteiger partial charge in [-0.25, -0.2) is 8.42 Å². The van der Waals surface area contributed by atoms with Crippen molar-refractivity contribution in [3.05, 3.63) is 60.2 Å². The minimum atomic E-state index is -3.59. The van der Waals surface area contributed by atoms with Crippen LogP contribution in [0.25, 0.3) is 0 Å². The van der Waals surface area contributed by atoms with Crippen LogP contribution in [0, 0.1) is 0 Å². The van der Waals surface area contributed by atoms with Crippen LogP contribution in [0.1, 0.15) is 5.56 Å². The lowest BCUT2D eigenvalue weighted by molar-refractivity contribution is 0.467. The Kier molecular flexibility index (Phi) is 4.39. The van der Waals surface area contributed by atoms with Gasteiger partial charge in [0.15, 0.2) is 0 Å². The molecule has 20 heavy (non-hydrogen) atoms. The molecule has 0 atom stereocenters. The first-order chi connectivity index (χ1) is 9.55. The monoisotopic (exact) mass is 291 g/mol. The predicted molar refractivity (Wildman–Crippen MR) is 79.3 cm³/mol. The van der Waals surface area contributed by atoms with E-state index in [-0.39, 0.29) is 4.90 Å². The summed E-state index contributed by atoms with van der Waals surface area (Å²) in [6, 6.07) is 16.0. The molecule has 3 N–H and O–H groups in total. The molecular weight excluding hydrogens is 274 g/mol. The van der Waals surface area contributed by atoms with Crippen molar-refractivity contribution >= 4 is 15.7 Å². The third kappa shape index (κ3) is 2.98. The second-order valence-corrected chi connectivity index (χ2v) is 6.40. The average Bonchev–Trinajstić information content (AvgIpc) is 2.48. The Bertz CT molecular complexity index is 672. The van der Waals surface area contributed by atoms with E-state index < -0.39 is 10.0 Å². The zero-order valence-electron chi connectivity index (χ0n) is 11.2. The Morgan fingerprint density at radius 1 is 1.05 bits per heavy atom. The molecule has 0 aliphatic carbocycles. The molecule has 0 heterocycles. The summed E-state index contributed by atoms with van der Waals surface area (Å²) in [6.07, 6.45) is 0. The number of hydrazine groups is 1. The Balaban J connectivity index is 2.30. The van der Waals surface area contributed by atoms with E-state index in [1.165, 1.54) is 10.4 Å². The molecular formula is C14H17N3O2S. The van der Waals surface area contributed by atoms with E-state index in [1.54, 1.807) is 25.2 Å². The van der Waals surface area contributed by atoms with Gasteiger partial charge in [-0.1, -0.05) is 42.5 Å². The van der Waals surface area contributed by atoms with Gasteiger partial charge in [0.05, 0.1) is 5.69 Å². The van der Waals surface area contributed by atoms with E-state index in [2.05, 4.69) is 5.43 Å². The fourth-order valence-corrected chi connectivity index (χ4v) is 3.21. The number of hydrogen-bond acceptors (Lipinski definition) is 4. The van der Waals surface area contributed by atoms with Crippen molar-refractivity contribution < 1.29 is 8.42 Å². The second kappa shape index (κ2) is 6.04. The maximum atomic E-state index is 12.5. The quantitative estimate of drug-likeness (QED) is 0.650. The highest BCUT2D eigenvalue weighted by atomic mass is 32.2. The molecule has 0 unspecified atom stereocenters. The zero-order chi connectivity index (χ0) is 14.6. The molecule has 106 valence electrons. The number of anilines is 1. The Labute approximate surface area is 119 Å². The minimum Gasteiger partial charge on any atom is -0.323 e. The normalized spacial score (nSPS) is 11.6. The first kappa shape index (κ1) is 14.5. The number of rotatable bonds is 5. The molecule has 6 heteroatoms. The van der Waals surface area contributed by atoms with E-state index in [1.807, 2.05) is 30.3 Å². The van der Waals surface area contributed by atoms with Gasteiger partial charge in [0.2, 0.25) is 10.0 Å². The molecule has 2 aromatic rings. The van der Waals surface area contributed by atoms with Crippen molar-refractivity contribution in [2.45, 2.75) is 11.4 Å². The van der Waals surface area contributed by atoms with Crippen LogP contribution in [0.15, 0.2) is 59.5 Å². The molecule has 0 bridgehead atoms. The molecule has 0 radical (unpaired) electrons. The summed E-state index contributed by atoms with van der Waals surface area (Å²) in [5.74, 6) is 5.37. The van der Waals surface area contributed by atoms with Gasteiger partial charge in [-0.05, 0) is 17.7 Å². The standard InChI is InChI=1S/C14H17N3O2S/c1-17(11-12-7-3-2-4-8-12)20(18,19)14-10-6-5-9-13(14)16-15/h2-10,16H,11,15H2,1H3. The first-order valence-electron chi connectivity index (χ1n) is 6.11. The lowest BCUT2D eigenvalue weighted by Gasteiger charge is -2.19. The highest BCUT2D eigenvalue weighted by Gasteiger charge is 2.23. The van der Waals surface area contributed by atoms with Crippen LogP contribution in [-0.4, -0.2) is 19.8 Å². The SMILES string of the molecule is CN(Cc1ccccc1)S(=O)(=O)c1ccccc1NN. The number of para-hydroxylation sites is 1. The molecule has 0 saturated heterocycles. The lowest BCUT2D eigenvalue weighted by Crippen LogP contribution is -2.27. The number of nitrogens with zero attached hydrogens (tertiary/aromatic N) is 1. The summed E-state index contributed by atoms with van der Waals surface area (Å²) in [5.41, 5.74) is 3.72. The van der Waals surface area contributed by atoms with Gasteiger partial charge in [-0.3, -0.25) is 5.84 Å². The molecule has 2 rings (SSSR count). The van der Waals surface area contributed by atoms with Crippen LogP contribution in [0.5, 0.6) is 0 Å². The van der Waals surface area contributed by atoms with Crippen molar-refractivity contribution in [3.8, 4) is 0 Å². The van der Waals surface area contributed by atoms with Crippen LogP contribution >= 0.6 is 0 Å². The summed E-state index contributed by atoms with van der Waals surface area (Å²) in [6.45, 7) is 0.308. The summed E-state index contributed by atoms with van der Waals surface area (Å²) >= 11 is 0. The van der Waals surface area contributed by atoms with Crippen molar-refractivity contribution in [1.29, 1.82) is 0 Å². The molecule has 0 spiro atoms. The zero-order valence-corrected chi connectivity index (χ0v) is 12.0. The number of nitrogen functional groups attached to an aromatic ring is 1. The molecule has 0 aliphatic heterocycles. The van der Waals surface area contributed by atoms with E-state index in [4.69, 9.17) is 5.84 Å². The molecule has 0 aliphatic rings. The number of nitrogens with one attached hydrogen (secondary N) is 1. The van der Waals surface area contributed by atoms with E-state index in [0.29, 0.717) is 12.2 Å². The van der Waals surface area contributed by atoms with Crippen LogP contribution < -0.4 is 11.3 Å². The Morgan fingerprint density at radius 2 is 1.65 bits per heavy atom. The first-order valence-corrected chi connectivity index (χ1v) is 7.55. The second-order valence-electron chi connectivity index (χ2n) is 4.39. The largest absolute Gasteiger partial charge is 0.323 e. The van der Waals surface area contributed by atoms with Crippen LogP contribution in [0.4, 0.5) is 5.69 Å². The molecule has 0 fully saturated rings. The molecule has 0 aromatic heterocycles. The van der Waals surface area contributed by atoms with Crippen LogP contribution in [0.3, 0.4) is 0 Å². The molecule has 5 nitrogen and oxygen atoms in total. The Morgan fingerprint density at radius 3 is 2.30 bits per heavy atom. The highest BCUT2D eigenvalue weighted by molar-refractivity contribution is 7.89. The maximum Gasteiger partial charge on any atom is 0.245 e. The average molecular weight is 291 g/mol. The topological polar surface area (TPSA) is 75.4 Å².